The van der Waals surface area contributed by atoms with E-state index in [0.29, 0.717) is 0 Å². The van der Waals surface area contributed by atoms with Crippen LogP contribution in [-0.2, 0) is 6.42 Å². The van der Waals surface area contributed by atoms with Crippen molar-refractivity contribution < 1.29 is 4.42 Å². The average Bonchev–Trinajstić information content (AvgIpc) is 2.88. The van der Waals surface area contributed by atoms with Gasteiger partial charge < -0.3 is 9.73 Å². The third-order valence-electron chi connectivity index (χ3n) is 4.01. The van der Waals surface area contributed by atoms with Gasteiger partial charge in [0.15, 0.2) is 0 Å². The molecular formula is C18H25NO. The number of furan rings is 1. The third-order valence-corrected chi connectivity index (χ3v) is 4.01. The van der Waals surface area contributed by atoms with Crippen molar-refractivity contribution in [3.63, 3.8) is 0 Å². The third kappa shape index (κ3) is 2.80. The molecule has 20 heavy (non-hydrogen) atoms. The summed E-state index contributed by atoms with van der Waals surface area (Å²) in [5, 5.41) is 3.60. The quantitative estimate of drug-likeness (QED) is 0.868. The predicted octanol–water partition coefficient (Wildman–Crippen LogP) is 4.47. The van der Waals surface area contributed by atoms with Crippen molar-refractivity contribution in [2.45, 2.75) is 47.1 Å². The van der Waals surface area contributed by atoms with Crippen LogP contribution < -0.4 is 5.32 Å². The highest BCUT2D eigenvalue weighted by Gasteiger charge is 2.20. The van der Waals surface area contributed by atoms with E-state index >= 15 is 0 Å². The molecule has 2 heteroatoms. The Labute approximate surface area is 122 Å². The molecule has 0 amide bonds. The van der Waals surface area contributed by atoms with E-state index in [1.807, 2.05) is 0 Å². The molecule has 0 saturated heterocycles. The van der Waals surface area contributed by atoms with Crippen LogP contribution in [0.1, 0.15) is 53.5 Å². The summed E-state index contributed by atoms with van der Waals surface area (Å²) in [7, 11) is 0. The zero-order valence-electron chi connectivity index (χ0n) is 13.2. The second-order valence-electron chi connectivity index (χ2n) is 5.44. The van der Waals surface area contributed by atoms with Gasteiger partial charge in [0.1, 0.15) is 5.76 Å². The topological polar surface area (TPSA) is 25.2 Å². The van der Waals surface area contributed by atoms with Crippen LogP contribution in [-0.4, -0.2) is 6.54 Å². The van der Waals surface area contributed by atoms with Crippen LogP contribution >= 0.6 is 0 Å². The van der Waals surface area contributed by atoms with E-state index in [1.165, 1.54) is 27.8 Å². The maximum atomic E-state index is 5.62. The van der Waals surface area contributed by atoms with E-state index in [9.17, 15) is 0 Å². The molecule has 0 aliphatic heterocycles. The number of aryl methyl sites for hydroxylation is 4. The average molecular weight is 271 g/mol. The number of rotatable bonds is 5. The largest absolute Gasteiger partial charge is 0.469 e. The minimum Gasteiger partial charge on any atom is -0.469 e. The fraction of sp³-hybridized carbons (Fsp3) is 0.444. The zero-order valence-corrected chi connectivity index (χ0v) is 13.2. The maximum Gasteiger partial charge on any atom is 0.108 e. The second-order valence-corrected chi connectivity index (χ2v) is 5.44. The smallest absolute Gasteiger partial charge is 0.108 e. The van der Waals surface area contributed by atoms with Gasteiger partial charge in [0.25, 0.3) is 0 Å². The van der Waals surface area contributed by atoms with E-state index < -0.39 is 0 Å². The molecule has 1 N–H and O–H groups in total. The summed E-state index contributed by atoms with van der Waals surface area (Å²) in [5.74, 6) is 1.08. The zero-order chi connectivity index (χ0) is 14.7. The standard InChI is InChI=1S/C18H25NO/c1-6-17-15(8-9-20-17)18(19-7-2)16-11-13(4)12(3)10-14(16)5/h8-11,18-19H,6-7H2,1-5H3. The summed E-state index contributed by atoms with van der Waals surface area (Å²) in [5.41, 5.74) is 6.65. The lowest BCUT2D eigenvalue weighted by Gasteiger charge is -2.22. The molecule has 1 aromatic heterocycles. The van der Waals surface area contributed by atoms with Crippen LogP contribution in [0.15, 0.2) is 28.9 Å². The molecule has 2 aromatic rings. The predicted molar refractivity (Wildman–Crippen MR) is 84.3 cm³/mol. The first kappa shape index (κ1) is 14.9. The van der Waals surface area contributed by atoms with Crippen molar-refractivity contribution in [3.8, 4) is 0 Å². The van der Waals surface area contributed by atoms with Gasteiger partial charge in [-0.1, -0.05) is 26.0 Å². The van der Waals surface area contributed by atoms with Gasteiger partial charge in [0, 0.05) is 12.0 Å². The van der Waals surface area contributed by atoms with E-state index in [2.05, 4.69) is 58.1 Å². The Kier molecular flexibility index (Phi) is 4.66. The molecule has 0 aliphatic rings. The molecular weight excluding hydrogens is 246 g/mol. The first-order chi connectivity index (χ1) is 9.58. The van der Waals surface area contributed by atoms with Crippen LogP contribution in [0.3, 0.4) is 0 Å². The van der Waals surface area contributed by atoms with Gasteiger partial charge in [-0.2, -0.15) is 0 Å². The van der Waals surface area contributed by atoms with Crippen LogP contribution in [0.25, 0.3) is 0 Å². The Hall–Kier alpha value is -1.54. The van der Waals surface area contributed by atoms with E-state index in [0.717, 1.165) is 18.7 Å². The molecule has 0 bridgehead atoms. The number of nitrogens with one attached hydrogen (secondary N) is 1. The summed E-state index contributed by atoms with van der Waals surface area (Å²) < 4.78 is 5.62. The van der Waals surface area contributed by atoms with Crippen molar-refractivity contribution in [2.24, 2.45) is 0 Å². The molecule has 0 radical (unpaired) electrons. The van der Waals surface area contributed by atoms with Gasteiger partial charge >= 0.3 is 0 Å². The lowest BCUT2D eigenvalue weighted by molar-refractivity contribution is 0.501. The summed E-state index contributed by atoms with van der Waals surface area (Å²) in [6, 6.07) is 6.90. The molecule has 1 unspecified atom stereocenters. The summed E-state index contributed by atoms with van der Waals surface area (Å²) >= 11 is 0. The molecule has 108 valence electrons. The normalized spacial score (nSPS) is 12.7. The molecule has 2 rings (SSSR count). The van der Waals surface area contributed by atoms with Gasteiger partial charge in [-0.25, -0.2) is 0 Å². The molecule has 1 heterocycles. The summed E-state index contributed by atoms with van der Waals surface area (Å²) in [6.45, 7) is 11.8. The highest BCUT2D eigenvalue weighted by Crippen LogP contribution is 2.30. The summed E-state index contributed by atoms with van der Waals surface area (Å²) in [6.07, 6.45) is 2.73. The Morgan fingerprint density at radius 1 is 1.00 bits per heavy atom. The SMILES string of the molecule is CCNC(c1cc(C)c(C)cc1C)c1ccoc1CC. The van der Waals surface area contributed by atoms with E-state index in [-0.39, 0.29) is 6.04 Å². The van der Waals surface area contributed by atoms with Gasteiger partial charge in [-0.15, -0.1) is 0 Å². The minimum atomic E-state index is 0.216. The Bertz CT molecular complexity index is 583. The minimum absolute atomic E-state index is 0.216. The molecule has 1 atom stereocenters. The molecule has 0 spiro atoms. The Morgan fingerprint density at radius 3 is 2.35 bits per heavy atom. The lowest BCUT2D eigenvalue weighted by Crippen LogP contribution is -2.23. The number of hydrogen-bond acceptors (Lipinski definition) is 2. The van der Waals surface area contributed by atoms with Crippen molar-refractivity contribution in [2.75, 3.05) is 6.54 Å². The molecule has 0 saturated carbocycles. The first-order valence-electron chi connectivity index (χ1n) is 7.45. The summed E-state index contributed by atoms with van der Waals surface area (Å²) in [4.78, 5) is 0. The number of benzene rings is 1. The monoisotopic (exact) mass is 271 g/mol. The molecule has 0 aliphatic carbocycles. The second kappa shape index (κ2) is 6.27. The van der Waals surface area contributed by atoms with Gasteiger partial charge in [0.05, 0.1) is 12.3 Å². The van der Waals surface area contributed by atoms with Gasteiger partial charge in [-0.05, 0) is 55.6 Å². The molecule has 1 aromatic carbocycles. The Balaban J connectivity index is 2.51. The van der Waals surface area contributed by atoms with Crippen molar-refractivity contribution in [1.82, 2.24) is 5.32 Å². The highest BCUT2D eigenvalue weighted by atomic mass is 16.3. The van der Waals surface area contributed by atoms with Crippen molar-refractivity contribution in [3.05, 3.63) is 58.0 Å². The van der Waals surface area contributed by atoms with Gasteiger partial charge in [0.2, 0.25) is 0 Å². The first-order valence-corrected chi connectivity index (χ1v) is 7.45. The van der Waals surface area contributed by atoms with Gasteiger partial charge in [-0.3, -0.25) is 0 Å². The van der Waals surface area contributed by atoms with Crippen molar-refractivity contribution >= 4 is 0 Å². The van der Waals surface area contributed by atoms with Crippen LogP contribution in [0.2, 0.25) is 0 Å². The fourth-order valence-corrected chi connectivity index (χ4v) is 2.78. The molecule has 0 fully saturated rings. The number of hydrogen-bond donors (Lipinski definition) is 1. The van der Waals surface area contributed by atoms with E-state index in [1.54, 1.807) is 6.26 Å². The van der Waals surface area contributed by atoms with Crippen molar-refractivity contribution in [1.29, 1.82) is 0 Å². The highest BCUT2D eigenvalue weighted by molar-refractivity contribution is 5.43. The fourth-order valence-electron chi connectivity index (χ4n) is 2.78. The van der Waals surface area contributed by atoms with Crippen LogP contribution in [0.5, 0.6) is 0 Å². The maximum absolute atomic E-state index is 5.62. The molecule has 2 nitrogen and oxygen atoms in total. The van der Waals surface area contributed by atoms with Crippen LogP contribution in [0.4, 0.5) is 0 Å². The van der Waals surface area contributed by atoms with E-state index in [4.69, 9.17) is 4.42 Å². The van der Waals surface area contributed by atoms with Crippen LogP contribution in [0, 0.1) is 20.8 Å². The Morgan fingerprint density at radius 2 is 1.70 bits per heavy atom. The lowest BCUT2D eigenvalue weighted by atomic mass is 9.91.